The van der Waals surface area contributed by atoms with Crippen LogP contribution in [-0.4, -0.2) is 19.3 Å². The van der Waals surface area contributed by atoms with E-state index in [1.165, 1.54) is 11.1 Å². The highest BCUT2D eigenvalue weighted by atomic mass is 32.1. The Bertz CT molecular complexity index is 851. The Morgan fingerprint density at radius 3 is 2.75 bits per heavy atom. The van der Waals surface area contributed by atoms with Crippen molar-refractivity contribution >= 4 is 23.4 Å². The fourth-order valence-corrected chi connectivity index (χ4v) is 2.95. The molecular weight excluding hydrogens is 268 g/mol. The van der Waals surface area contributed by atoms with Crippen LogP contribution in [0.5, 0.6) is 0 Å². The summed E-state index contributed by atoms with van der Waals surface area (Å²) in [5.74, 6) is 0. The van der Waals surface area contributed by atoms with Gasteiger partial charge in [0.05, 0.1) is 11.4 Å². The smallest absolute Gasteiger partial charge is 0.184 e. The van der Waals surface area contributed by atoms with Crippen molar-refractivity contribution in [3.05, 3.63) is 39.8 Å². The summed E-state index contributed by atoms with van der Waals surface area (Å²) in [6.45, 7) is 6.35. The number of benzene rings is 1. The van der Waals surface area contributed by atoms with Crippen molar-refractivity contribution < 1.29 is 0 Å². The van der Waals surface area contributed by atoms with Gasteiger partial charge in [0.1, 0.15) is 5.52 Å². The van der Waals surface area contributed by atoms with Gasteiger partial charge in [0, 0.05) is 7.05 Å². The zero-order chi connectivity index (χ0) is 14.4. The van der Waals surface area contributed by atoms with Crippen LogP contribution in [0.15, 0.2) is 18.2 Å². The predicted molar refractivity (Wildman–Crippen MR) is 84.1 cm³/mol. The van der Waals surface area contributed by atoms with Crippen molar-refractivity contribution in [3.63, 3.8) is 0 Å². The van der Waals surface area contributed by atoms with E-state index in [0.717, 1.165) is 33.7 Å². The normalized spacial score (nSPS) is 11.4. The highest BCUT2D eigenvalue weighted by Crippen LogP contribution is 2.25. The van der Waals surface area contributed by atoms with E-state index in [9.17, 15) is 0 Å². The summed E-state index contributed by atoms with van der Waals surface area (Å²) < 4.78 is 4.71. The van der Waals surface area contributed by atoms with Crippen molar-refractivity contribution in [1.29, 1.82) is 0 Å². The molecule has 0 radical (unpaired) electrons. The number of hydrogen-bond donors (Lipinski definition) is 1. The number of H-pyrrole nitrogens is 1. The molecule has 5 heteroatoms. The number of aromatic nitrogens is 4. The largest absolute Gasteiger partial charge is 0.327 e. The van der Waals surface area contributed by atoms with E-state index in [1.54, 1.807) is 0 Å². The summed E-state index contributed by atoms with van der Waals surface area (Å²) in [6, 6.07) is 6.28. The highest BCUT2D eigenvalue weighted by Gasteiger charge is 2.16. The second-order valence-corrected chi connectivity index (χ2v) is 5.49. The molecule has 0 atom stereocenters. The van der Waals surface area contributed by atoms with E-state index in [2.05, 4.69) is 53.6 Å². The van der Waals surface area contributed by atoms with Crippen LogP contribution in [-0.2, 0) is 13.5 Å². The average Bonchev–Trinajstić information content (AvgIpc) is 2.90. The van der Waals surface area contributed by atoms with Gasteiger partial charge in [-0.25, -0.2) is 4.68 Å². The zero-order valence-electron chi connectivity index (χ0n) is 12.2. The number of nitrogens with one attached hydrogen (secondary N) is 1. The van der Waals surface area contributed by atoms with Gasteiger partial charge in [-0.05, 0) is 49.7 Å². The molecule has 4 nitrogen and oxygen atoms in total. The van der Waals surface area contributed by atoms with E-state index >= 15 is 0 Å². The first-order valence-electron chi connectivity index (χ1n) is 6.77. The number of imidazole rings is 1. The molecule has 0 fully saturated rings. The molecule has 104 valence electrons. The van der Waals surface area contributed by atoms with Gasteiger partial charge in [0.2, 0.25) is 0 Å². The monoisotopic (exact) mass is 286 g/mol. The molecule has 0 amide bonds. The summed E-state index contributed by atoms with van der Waals surface area (Å²) in [7, 11) is 1.96. The van der Waals surface area contributed by atoms with Crippen molar-refractivity contribution in [2.45, 2.75) is 27.2 Å². The average molecular weight is 286 g/mol. The molecule has 0 unspecified atom stereocenters. The zero-order valence-corrected chi connectivity index (χ0v) is 13.0. The Morgan fingerprint density at radius 2 is 2.05 bits per heavy atom. The maximum atomic E-state index is 5.53. The van der Waals surface area contributed by atoms with Gasteiger partial charge in [-0.3, -0.25) is 4.57 Å². The van der Waals surface area contributed by atoms with Gasteiger partial charge in [-0.15, -0.1) is 0 Å². The number of hydrogen-bond acceptors (Lipinski definition) is 2. The lowest BCUT2D eigenvalue weighted by molar-refractivity contribution is 0.748. The Kier molecular flexibility index (Phi) is 3.01. The minimum absolute atomic E-state index is 0.719. The molecule has 0 saturated heterocycles. The Hall–Kier alpha value is -1.88. The van der Waals surface area contributed by atoms with E-state index in [4.69, 9.17) is 12.2 Å². The van der Waals surface area contributed by atoms with Crippen LogP contribution >= 0.6 is 12.2 Å². The van der Waals surface area contributed by atoms with Gasteiger partial charge >= 0.3 is 0 Å². The van der Waals surface area contributed by atoms with Gasteiger partial charge in [0.25, 0.3) is 0 Å². The number of nitrogens with zero attached hydrogens (tertiary/aromatic N) is 3. The lowest BCUT2D eigenvalue weighted by Crippen LogP contribution is -2.03. The molecule has 0 bridgehead atoms. The molecule has 20 heavy (non-hydrogen) atoms. The SMILES string of the molecule is CCc1nn(C)c2c1[nH]c(=S)n2-c1cccc(C)c1C. The molecule has 2 aromatic heterocycles. The topological polar surface area (TPSA) is 38.5 Å². The second kappa shape index (κ2) is 4.59. The standard InChI is InChI=1S/C15H18N4S/c1-5-11-13-14(18(4)17-11)19(15(20)16-13)12-8-6-7-9(2)10(12)3/h6-8H,5H2,1-4H3,(H,16,20). The number of aromatic amines is 1. The summed E-state index contributed by atoms with van der Waals surface area (Å²) in [4.78, 5) is 3.31. The van der Waals surface area contributed by atoms with E-state index in [-0.39, 0.29) is 0 Å². The predicted octanol–water partition coefficient (Wildman–Crippen LogP) is 3.60. The number of fused-ring (bicyclic) bond motifs is 1. The number of aryl methyl sites for hydroxylation is 3. The summed E-state index contributed by atoms with van der Waals surface area (Å²) >= 11 is 5.53. The molecule has 3 aromatic rings. The van der Waals surface area contributed by atoms with E-state index in [0.29, 0.717) is 0 Å². The molecule has 3 rings (SSSR count). The maximum Gasteiger partial charge on any atom is 0.184 e. The molecule has 1 N–H and O–H groups in total. The second-order valence-electron chi connectivity index (χ2n) is 5.11. The van der Waals surface area contributed by atoms with Gasteiger partial charge in [-0.2, -0.15) is 5.10 Å². The third-order valence-corrected chi connectivity index (χ3v) is 4.17. The first-order chi connectivity index (χ1) is 9.54. The Labute approximate surface area is 123 Å². The molecule has 0 aliphatic rings. The molecule has 0 spiro atoms. The lowest BCUT2D eigenvalue weighted by atomic mass is 10.1. The third kappa shape index (κ3) is 1.73. The third-order valence-electron chi connectivity index (χ3n) is 3.89. The highest BCUT2D eigenvalue weighted by molar-refractivity contribution is 7.71. The summed E-state index contributed by atoms with van der Waals surface area (Å²) in [5, 5.41) is 4.57. The van der Waals surface area contributed by atoms with E-state index in [1.807, 2.05) is 11.7 Å². The Morgan fingerprint density at radius 1 is 1.30 bits per heavy atom. The van der Waals surface area contributed by atoms with Crippen molar-refractivity contribution in [2.24, 2.45) is 7.05 Å². The Balaban J connectivity index is 2.42. The molecule has 0 aliphatic carbocycles. The van der Waals surface area contributed by atoms with Crippen molar-refractivity contribution in [1.82, 2.24) is 19.3 Å². The minimum Gasteiger partial charge on any atom is -0.327 e. The molecule has 2 heterocycles. The van der Waals surface area contributed by atoms with Gasteiger partial charge in [0.15, 0.2) is 10.4 Å². The van der Waals surface area contributed by atoms with Crippen LogP contribution in [0.25, 0.3) is 16.9 Å². The molecule has 0 saturated carbocycles. The minimum atomic E-state index is 0.719. The molecular formula is C15H18N4S. The fourth-order valence-electron chi connectivity index (χ4n) is 2.66. The van der Waals surface area contributed by atoms with Crippen LogP contribution in [0.3, 0.4) is 0 Å². The quantitative estimate of drug-likeness (QED) is 0.731. The number of rotatable bonds is 2. The summed E-state index contributed by atoms with van der Waals surface area (Å²) in [6.07, 6.45) is 0.888. The van der Waals surface area contributed by atoms with Crippen LogP contribution in [0.4, 0.5) is 0 Å². The van der Waals surface area contributed by atoms with Gasteiger partial charge < -0.3 is 4.98 Å². The summed E-state index contributed by atoms with van der Waals surface area (Å²) in [5.41, 5.74) is 6.74. The lowest BCUT2D eigenvalue weighted by Gasteiger charge is -2.10. The van der Waals surface area contributed by atoms with Crippen LogP contribution < -0.4 is 0 Å². The first-order valence-corrected chi connectivity index (χ1v) is 7.18. The fraction of sp³-hybridized carbons (Fsp3) is 0.333. The van der Waals surface area contributed by atoms with E-state index < -0.39 is 0 Å². The first kappa shape index (κ1) is 13.1. The maximum absolute atomic E-state index is 5.53. The molecule has 0 aliphatic heterocycles. The molecule has 1 aromatic carbocycles. The van der Waals surface area contributed by atoms with Crippen LogP contribution in [0.1, 0.15) is 23.7 Å². The van der Waals surface area contributed by atoms with Crippen LogP contribution in [0, 0.1) is 18.6 Å². The van der Waals surface area contributed by atoms with Crippen LogP contribution in [0.2, 0.25) is 0 Å². The van der Waals surface area contributed by atoms with Gasteiger partial charge in [-0.1, -0.05) is 19.1 Å². The van der Waals surface area contributed by atoms with Crippen molar-refractivity contribution in [2.75, 3.05) is 0 Å². The van der Waals surface area contributed by atoms with Crippen molar-refractivity contribution in [3.8, 4) is 5.69 Å².